The zero-order chi connectivity index (χ0) is 23.7. The fraction of sp³-hybridized carbons (Fsp3) is 0.154. The molecular formula is C26H22ClNO5. The van der Waals surface area contributed by atoms with Crippen LogP contribution in [0.25, 0.3) is 5.76 Å². The van der Waals surface area contributed by atoms with Crippen LogP contribution in [0, 0.1) is 6.92 Å². The van der Waals surface area contributed by atoms with E-state index in [9.17, 15) is 14.7 Å². The molecule has 0 aliphatic carbocycles. The second kappa shape index (κ2) is 9.00. The molecule has 1 atom stereocenters. The maximum absolute atomic E-state index is 13.2. The highest BCUT2D eigenvalue weighted by atomic mass is 35.5. The first-order chi connectivity index (χ1) is 15.9. The van der Waals surface area contributed by atoms with Crippen molar-refractivity contribution in [1.29, 1.82) is 0 Å². The first-order valence-corrected chi connectivity index (χ1v) is 10.6. The number of methoxy groups -OCH3 is 2. The topological polar surface area (TPSA) is 76.1 Å². The maximum atomic E-state index is 13.2. The minimum atomic E-state index is -0.899. The molecule has 0 radical (unpaired) electrons. The summed E-state index contributed by atoms with van der Waals surface area (Å²) in [5, 5.41) is 11.6. The van der Waals surface area contributed by atoms with Gasteiger partial charge in [0, 0.05) is 16.3 Å². The van der Waals surface area contributed by atoms with Gasteiger partial charge in [-0.3, -0.25) is 14.5 Å². The Morgan fingerprint density at radius 2 is 1.64 bits per heavy atom. The van der Waals surface area contributed by atoms with Crippen LogP contribution in [-0.2, 0) is 9.59 Å². The minimum absolute atomic E-state index is 0.0184. The second-order valence-corrected chi connectivity index (χ2v) is 7.99. The van der Waals surface area contributed by atoms with Crippen LogP contribution in [0.2, 0.25) is 5.02 Å². The second-order valence-electron chi connectivity index (χ2n) is 7.58. The number of carbonyl (C=O) groups excluding carboxylic acids is 2. The van der Waals surface area contributed by atoms with Crippen molar-refractivity contribution in [2.45, 2.75) is 13.0 Å². The number of anilines is 1. The van der Waals surface area contributed by atoms with Gasteiger partial charge >= 0.3 is 0 Å². The van der Waals surface area contributed by atoms with Crippen molar-refractivity contribution >= 4 is 34.7 Å². The van der Waals surface area contributed by atoms with E-state index in [2.05, 4.69) is 0 Å². The summed E-state index contributed by atoms with van der Waals surface area (Å²) < 4.78 is 10.8. The van der Waals surface area contributed by atoms with Crippen LogP contribution in [0.3, 0.4) is 0 Å². The fourth-order valence-corrected chi connectivity index (χ4v) is 4.10. The standard InChI is InChI=1S/C26H22ClNO5/c1-15-9-11-18(14-19(15)27)28-23(17-10-12-20(32-2)21(13-17)33-3)22(25(30)26(28)31)24(29)16-7-5-4-6-8-16/h4-14,23,29H,1-3H3/b24-22+/t23-/m0/s1. The van der Waals surface area contributed by atoms with Crippen LogP contribution < -0.4 is 14.4 Å². The van der Waals surface area contributed by atoms with Crippen LogP contribution in [0.15, 0.2) is 72.3 Å². The van der Waals surface area contributed by atoms with Gasteiger partial charge in [-0.15, -0.1) is 0 Å². The molecule has 4 rings (SSSR count). The third-order valence-corrected chi connectivity index (χ3v) is 6.06. The van der Waals surface area contributed by atoms with Crippen molar-refractivity contribution in [2.75, 3.05) is 19.1 Å². The molecule has 0 aromatic heterocycles. The van der Waals surface area contributed by atoms with Crippen molar-refractivity contribution in [3.8, 4) is 11.5 Å². The van der Waals surface area contributed by atoms with Crippen LogP contribution in [-0.4, -0.2) is 31.0 Å². The summed E-state index contributed by atoms with van der Waals surface area (Å²) in [6, 6.07) is 18.0. The van der Waals surface area contributed by atoms with Gasteiger partial charge in [0.15, 0.2) is 11.5 Å². The highest BCUT2D eigenvalue weighted by Gasteiger charge is 2.47. The van der Waals surface area contributed by atoms with Crippen LogP contribution in [0.5, 0.6) is 11.5 Å². The Morgan fingerprint density at radius 3 is 2.27 bits per heavy atom. The Morgan fingerprint density at radius 1 is 0.939 bits per heavy atom. The van der Waals surface area contributed by atoms with Crippen molar-refractivity contribution in [1.82, 2.24) is 0 Å². The summed E-state index contributed by atoms with van der Waals surface area (Å²) in [6.45, 7) is 1.85. The zero-order valence-electron chi connectivity index (χ0n) is 18.3. The normalized spacial score (nSPS) is 17.3. The number of aryl methyl sites for hydroxylation is 1. The summed E-state index contributed by atoms with van der Waals surface area (Å²) >= 11 is 6.33. The SMILES string of the molecule is COc1ccc([C@H]2/C(=C(\O)c3ccccc3)C(=O)C(=O)N2c2ccc(C)c(Cl)c2)cc1OC. The van der Waals surface area contributed by atoms with E-state index < -0.39 is 17.7 Å². The predicted molar refractivity (Wildman–Crippen MR) is 127 cm³/mol. The number of benzene rings is 3. The Balaban J connectivity index is 1.98. The Bertz CT molecular complexity index is 1270. The quantitative estimate of drug-likeness (QED) is 0.316. The molecule has 1 aliphatic rings. The van der Waals surface area contributed by atoms with Crippen molar-refractivity contribution < 1.29 is 24.2 Å². The molecule has 0 unspecified atom stereocenters. The first kappa shape index (κ1) is 22.4. The smallest absolute Gasteiger partial charge is 0.300 e. The van der Waals surface area contributed by atoms with E-state index in [1.54, 1.807) is 66.7 Å². The van der Waals surface area contributed by atoms with E-state index in [-0.39, 0.29) is 11.3 Å². The van der Waals surface area contributed by atoms with Crippen molar-refractivity contribution in [3.05, 3.63) is 94.0 Å². The molecule has 0 saturated carbocycles. The lowest BCUT2D eigenvalue weighted by Gasteiger charge is -2.26. The molecule has 3 aromatic carbocycles. The number of ketones is 1. The average Bonchev–Trinajstić information content (AvgIpc) is 3.10. The summed E-state index contributed by atoms with van der Waals surface area (Å²) in [6.07, 6.45) is 0. The fourth-order valence-electron chi connectivity index (χ4n) is 3.92. The highest BCUT2D eigenvalue weighted by Crippen LogP contribution is 2.44. The van der Waals surface area contributed by atoms with Gasteiger partial charge in [-0.1, -0.05) is 54.1 Å². The van der Waals surface area contributed by atoms with E-state index in [1.165, 1.54) is 19.1 Å². The van der Waals surface area contributed by atoms with Crippen molar-refractivity contribution in [2.24, 2.45) is 0 Å². The number of ether oxygens (including phenoxy) is 2. The van der Waals surface area contributed by atoms with Gasteiger partial charge in [0.25, 0.3) is 11.7 Å². The van der Waals surface area contributed by atoms with E-state index in [1.807, 2.05) is 6.92 Å². The van der Waals surface area contributed by atoms with Crippen molar-refractivity contribution in [3.63, 3.8) is 0 Å². The molecule has 1 heterocycles. The molecule has 1 N–H and O–H groups in total. The molecule has 3 aromatic rings. The van der Waals surface area contributed by atoms with Crippen LogP contribution in [0.4, 0.5) is 5.69 Å². The van der Waals surface area contributed by atoms with Gasteiger partial charge in [-0.2, -0.15) is 0 Å². The molecule has 7 heteroatoms. The molecule has 1 saturated heterocycles. The third-order valence-electron chi connectivity index (χ3n) is 5.65. The molecular weight excluding hydrogens is 442 g/mol. The number of amides is 1. The summed E-state index contributed by atoms with van der Waals surface area (Å²) in [5.41, 5.74) is 2.27. The first-order valence-electron chi connectivity index (χ1n) is 10.2. The molecule has 0 spiro atoms. The van der Waals surface area contributed by atoms with Gasteiger partial charge in [0.1, 0.15) is 5.76 Å². The van der Waals surface area contributed by atoms with Crippen LogP contribution >= 0.6 is 11.6 Å². The number of nitrogens with zero attached hydrogens (tertiary/aromatic N) is 1. The highest BCUT2D eigenvalue weighted by molar-refractivity contribution is 6.51. The molecule has 0 bridgehead atoms. The molecule has 33 heavy (non-hydrogen) atoms. The number of carbonyl (C=O) groups is 2. The number of halogens is 1. The largest absolute Gasteiger partial charge is 0.507 e. The lowest BCUT2D eigenvalue weighted by atomic mass is 9.94. The molecule has 168 valence electrons. The van der Waals surface area contributed by atoms with Gasteiger partial charge < -0.3 is 14.6 Å². The van der Waals surface area contributed by atoms with E-state index >= 15 is 0 Å². The monoisotopic (exact) mass is 463 g/mol. The Labute approximate surface area is 196 Å². The lowest BCUT2D eigenvalue weighted by molar-refractivity contribution is -0.132. The predicted octanol–water partition coefficient (Wildman–Crippen LogP) is 5.29. The summed E-state index contributed by atoms with van der Waals surface area (Å²) in [5.74, 6) is -0.864. The maximum Gasteiger partial charge on any atom is 0.300 e. The Kier molecular flexibility index (Phi) is 6.11. The van der Waals surface area contributed by atoms with E-state index in [0.717, 1.165) is 5.56 Å². The number of hydrogen-bond donors (Lipinski definition) is 1. The summed E-state index contributed by atoms with van der Waals surface area (Å²) in [4.78, 5) is 27.8. The number of aliphatic hydroxyl groups excluding tert-OH is 1. The van der Waals surface area contributed by atoms with Gasteiger partial charge in [-0.25, -0.2) is 0 Å². The van der Waals surface area contributed by atoms with E-state index in [0.29, 0.717) is 33.3 Å². The minimum Gasteiger partial charge on any atom is -0.507 e. The van der Waals surface area contributed by atoms with Gasteiger partial charge in [0.05, 0.1) is 25.8 Å². The number of rotatable bonds is 5. The van der Waals surface area contributed by atoms with Crippen LogP contribution in [0.1, 0.15) is 22.7 Å². The third kappa shape index (κ3) is 3.94. The average molecular weight is 464 g/mol. The zero-order valence-corrected chi connectivity index (χ0v) is 19.1. The van der Waals surface area contributed by atoms with E-state index in [4.69, 9.17) is 21.1 Å². The number of Topliss-reactive ketones (excluding diaryl/α,β-unsaturated/α-hetero) is 1. The molecule has 6 nitrogen and oxygen atoms in total. The lowest BCUT2D eigenvalue weighted by Crippen LogP contribution is -2.29. The summed E-state index contributed by atoms with van der Waals surface area (Å²) in [7, 11) is 3.02. The number of hydrogen-bond acceptors (Lipinski definition) is 5. The number of aliphatic hydroxyl groups is 1. The molecule has 1 aliphatic heterocycles. The Hall–Kier alpha value is -3.77. The molecule has 1 fully saturated rings. The van der Waals surface area contributed by atoms with Gasteiger partial charge in [0.2, 0.25) is 0 Å². The molecule has 1 amide bonds. The van der Waals surface area contributed by atoms with Gasteiger partial charge in [-0.05, 0) is 42.3 Å².